The molecular formula is C20H23N3O4. The van der Waals surface area contributed by atoms with Crippen LogP contribution in [0, 0.1) is 10.1 Å². The molecule has 0 aromatic heterocycles. The fraction of sp³-hybridized carbons (Fsp3) is 0.350. The molecule has 1 aliphatic rings. The van der Waals surface area contributed by atoms with Crippen molar-refractivity contribution in [2.75, 3.05) is 37.7 Å². The fourth-order valence-electron chi connectivity index (χ4n) is 3.11. The van der Waals surface area contributed by atoms with E-state index < -0.39 is 10.8 Å². The summed E-state index contributed by atoms with van der Waals surface area (Å²) < 4.78 is 5.37. The van der Waals surface area contributed by atoms with Crippen LogP contribution in [0.4, 0.5) is 11.4 Å². The number of carbonyl (C=O) groups is 1. The Kier molecular flexibility index (Phi) is 6.38. The van der Waals surface area contributed by atoms with Gasteiger partial charge in [0.2, 0.25) is 0 Å². The lowest BCUT2D eigenvalue weighted by Crippen LogP contribution is -2.36. The zero-order valence-corrected chi connectivity index (χ0v) is 15.1. The Morgan fingerprint density at radius 1 is 1.11 bits per heavy atom. The number of morpholine rings is 1. The molecule has 3 rings (SSSR count). The first-order valence-corrected chi connectivity index (χ1v) is 9.08. The van der Waals surface area contributed by atoms with E-state index in [4.69, 9.17) is 4.74 Å². The number of anilines is 1. The number of para-hydroxylation sites is 1. The van der Waals surface area contributed by atoms with Crippen molar-refractivity contribution >= 4 is 17.3 Å². The fourth-order valence-corrected chi connectivity index (χ4v) is 3.11. The van der Waals surface area contributed by atoms with Gasteiger partial charge in [0.1, 0.15) is 5.56 Å². The Labute approximate surface area is 158 Å². The van der Waals surface area contributed by atoms with Gasteiger partial charge in [-0.1, -0.05) is 24.3 Å². The topological polar surface area (TPSA) is 84.7 Å². The van der Waals surface area contributed by atoms with Crippen molar-refractivity contribution in [1.82, 2.24) is 5.32 Å². The third-order valence-corrected chi connectivity index (χ3v) is 4.59. The van der Waals surface area contributed by atoms with Gasteiger partial charge < -0.3 is 15.0 Å². The van der Waals surface area contributed by atoms with E-state index in [1.165, 1.54) is 23.4 Å². The van der Waals surface area contributed by atoms with Crippen molar-refractivity contribution in [3.63, 3.8) is 0 Å². The van der Waals surface area contributed by atoms with Gasteiger partial charge in [-0.2, -0.15) is 0 Å². The van der Waals surface area contributed by atoms with Gasteiger partial charge in [-0.25, -0.2) is 0 Å². The molecule has 2 aromatic rings. The number of nitro groups is 1. The minimum Gasteiger partial charge on any atom is -0.378 e. The second kappa shape index (κ2) is 9.14. The predicted molar refractivity (Wildman–Crippen MR) is 103 cm³/mol. The number of hydrogen-bond donors (Lipinski definition) is 1. The maximum atomic E-state index is 12.2. The second-order valence-corrected chi connectivity index (χ2v) is 6.40. The van der Waals surface area contributed by atoms with Crippen molar-refractivity contribution in [2.24, 2.45) is 0 Å². The summed E-state index contributed by atoms with van der Waals surface area (Å²) in [5.74, 6) is -0.412. The molecule has 0 bridgehead atoms. The number of hydrogen-bond acceptors (Lipinski definition) is 5. The number of nitro benzene ring substituents is 1. The highest BCUT2D eigenvalue weighted by Crippen LogP contribution is 2.18. The number of benzene rings is 2. The number of aryl methyl sites for hydroxylation is 1. The van der Waals surface area contributed by atoms with Crippen LogP contribution in [0.15, 0.2) is 48.5 Å². The van der Waals surface area contributed by atoms with E-state index in [9.17, 15) is 14.9 Å². The molecule has 1 N–H and O–H groups in total. The number of amides is 1. The van der Waals surface area contributed by atoms with Crippen LogP contribution in [0.3, 0.4) is 0 Å². The van der Waals surface area contributed by atoms with Crippen LogP contribution in [0.2, 0.25) is 0 Å². The molecule has 7 nitrogen and oxygen atoms in total. The molecule has 7 heteroatoms. The zero-order valence-electron chi connectivity index (χ0n) is 15.1. The molecule has 27 heavy (non-hydrogen) atoms. The van der Waals surface area contributed by atoms with Gasteiger partial charge in [0.25, 0.3) is 11.6 Å². The number of nitrogens with one attached hydrogen (secondary N) is 1. The van der Waals surface area contributed by atoms with Crippen LogP contribution in [0.1, 0.15) is 22.3 Å². The van der Waals surface area contributed by atoms with E-state index in [0.717, 1.165) is 39.1 Å². The van der Waals surface area contributed by atoms with Crippen LogP contribution in [-0.4, -0.2) is 43.7 Å². The van der Waals surface area contributed by atoms with Gasteiger partial charge in [0.15, 0.2) is 0 Å². The van der Waals surface area contributed by atoms with E-state index in [1.54, 1.807) is 12.1 Å². The largest absolute Gasteiger partial charge is 0.378 e. The third-order valence-electron chi connectivity index (χ3n) is 4.59. The molecule has 0 radical (unpaired) electrons. The van der Waals surface area contributed by atoms with Gasteiger partial charge in [-0.15, -0.1) is 0 Å². The number of rotatable bonds is 7. The molecule has 0 saturated carbocycles. The summed E-state index contributed by atoms with van der Waals surface area (Å²) in [6.45, 7) is 3.83. The first kappa shape index (κ1) is 18.8. The first-order chi connectivity index (χ1) is 13.1. The number of carbonyl (C=O) groups excluding carboxylic acids is 1. The van der Waals surface area contributed by atoms with Crippen LogP contribution >= 0.6 is 0 Å². The standard InChI is InChI=1S/C20H23N3O4/c24-20(18-5-1-2-6-19(18)23(25)26)21-11-3-4-16-7-9-17(10-8-16)22-12-14-27-15-13-22/h1-2,5-10H,3-4,11-15H2,(H,21,24). The molecule has 1 heterocycles. The zero-order chi connectivity index (χ0) is 19.1. The van der Waals surface area contributed by atoms with Gasteiger partial charge >= 0.3 is 0 Å². The molecule has 1 saturated heterocycles. The van der Waals surface area contributed by atoms with Crippen molar-refractivity contribution in [2.45, 2.75) is 12.8 Å². The molecular weight excluding hydrogens is 346 g/mol. The van der Waals surface area contributed by atoms with E-state index in [0.29, 0.717) is 6.54 Å². The van der Waals surface area contributed by atoms with Crippen molar-refractivity contribution in [1.29, 1.82) is 0 Å². The minimum atomic E-state index is -0.537. The predicted octanol–water partition coefficient (Wildman–Crippen LogP) is 2.79. The normalized spacial score (nSPS) is 14.0. The summed E-state index contributed by atoms with van der Waals surface area (Å²) in [5, 5.41) is 13.8. The third kappa shape index (κ3) is 5.04. The molecule has 1 aliphatic heterocycles. The minimum absolute atomic E-state index is 0.0948. The van der Waals surface area contributed by atoms with Crippen LogP contribution < -0.4 is 10.2 Å². The SMILES string of the molecule is O=C(NCCCc1ccc(N2CCOCC2)cc1)c1ccccc1[N+](=O)[O-]. The van der Waals surface area contributed by atoms with Crippen LogP contribution in [0.5, 0.6) is 0 Å². The summed E-state index contributed by atoms with van der Waals surface area (Å²) in [6, 6.07) is 14.4. The lowest BCUT2D eigenvalue weighted by Gasteiger charge is -2.28. The maximum absolute atomic E-state index is 12.2. The van der Waals surface area contributed by atoms with E-state index in [-0.39, 0.29) is 11.3 Å². The average Bonchev–Trinajstić information content (AvgIpc) is 2.72. The van der Waals surface area contributed by atoms with Crippen molar-refractivity contribution in [3.05, 3.63) is 69.8 Å². The molecule has 0 aliphatic carbocycles. The Bertz CT molecular complexity index is 786. The van der Waals surface area contributed by atoms with E-state index in [1.807, 2.05) is 0 Å². The summed E-state index contributed by atoms with van der Waals surface area (Å²) in [5.41, 5.74) is 2.32. The first-order valence-electron chi connectivity index (χ1n) is 9.08. The summed E-state index contributed by atoms with van der Waals surface area (Å²) in [7, 11) is 0. The lowest BCUT2D eigenvalue weighted by molar-refractivity contribution is -0.385. The Hall–Kier alpha value is -2.93. The molecule has 0 atom stereocenters. The molecule has 142 valence electrons. The van der Waals surface area contributed by atoms with Crippen LogP contribution in [0.25, 0.3) is 0 Å². The second-order valence-electron chi connectivity index (χ2n) is 6.40. The van der Waals surface area contributed by atoms with E-state index >= 15 is 0 Å². The van der Waals surface area contributed by atoms with Gasteiger partial charge in [0.05, 0.1) is 18.1 Å². The Morgan fingerprint density at radius 3 is 2.52 bits per heavy atom. The Balaban J connectivity index is 1.46. The molecule has 1 fully saturated rings. The highest BCUT2D eigenvalue weighted by atomic mass is 16.6. The van der Waals surface area contributed by atoms with Gasteiger partial charge in [-0.3, -0.25) is 14.9 Å². The summed E-state index contributed by atoms with van der Waals surface area (Å²) in [4.78, 5) is 24.9. The maximum Gasteiger partial charge on any atom is 0.282 e. The molecule has 0 spiro atoms. The lowest BCUT2D eigenvalue weighted by atomic mass is 10.1. The summed E-state index contributed by atoms with van der Waals surface area (Å²) in [6.07, 6.45) is 1.60. The van der Waals surface area contributed by atoms with Crippen molar-refractivity contribution < 1.29 is 14.5 Å². The average molecular weight is 369 g/mol. The highest BCUT2D eigenvalue weighted by Gasteiger charge is 2.18. The molecule has 1 amide bonds. The smallest absolute Gasteiger partial charge is 0.282 e. The highest BCUT2D eigenvalue weighted by molar-refractivity contribution is 5.98. The number of nitrogens with zero attached hydrogens (tertiary/aromatic N) is 2. The number of ether oxygens (including phenoxy) is 1. The van der Waals surface area contributed by atoms with E-state index in [2.05, 4.69) is 34.5 Å². The molecule has 2 aromatic carbocycles. The van der Waals surface area contributed by atoms with Crippen LogP contribution in [-0.2, 0) is 11.2 Å². The van der Waals surface area contributed by atoms with Gasteiger partial charge in [-0.05, 0) is 36.6 Å². The quantitative estimate of drug-likeness (QED) is 0.461. The summed E-state index contributed by atoms with van der Waals surface area (Å²) >= 11 is 0. The molecule has 0 unspecified atom stereocenters. The Morgan fingerprint density at radius 2 is 1.81 bits per heavy atom. The monoisotopic (exact) mass is 369 g/mol. The van der Waals surface area contributed by atoms with Gasteiger partial charge in [0, 0.05) is 31.4 Å². The van der Waals surface area contributed by atoms with Crippen molar-refractivity contribution in [3.8, 4) is 0 Å².